The van der Waals surface area contributed by atoms with Gasteiger partial charge in [0.1, 0.15) is 0 Å². The number of nitrogens with one attached hydrogen (secondary N) is 1. The molecular weight excluding hydrogens is 260 g/mol. The molecule has 3 aromatic rings. The van der Waals surface area contributed by atoms with Gasteiger partial charge >= 0.3 is 0 Å². The molecule has 0 fully saturated rings. The van der Waals surface area contributed by atoms with Crippen LogP contribution < -0.4 is 10.5 Å². The number of H-pyrrole nitrogens is 1. The van der Waals surface area contributed by atoms with Crippen molar-refractivity contribution in [1.82, 2.24) is 4.98 Å². The first-order valence-corrected chi connectivity index (χ1v) is 6.96. The van der Waals surface area contributed by atoms with Crippen LogP contribution >= 0.6 is 0 Å². The Hall–Kier alpha value is -2.55. The quantitative estimate of drug-likeness (QED) is 0.778. The summed E-state index contributed by atoms with van der Waals surface area (Å²) in [5.41, 5.74) is 4.08. The lowest BCUT2D eigenvalue weighted by atomic mass is 10.0. The van der Waals surface area contributed by atoms with Crippen molar-refractivity contribution in [3.8, 4) is 11.3 Å². The fourth-order valence-electron chi connectivity index (χ4n) is 2.50. The van der Waals surface area contributed by atoms with Crippen LogP contribution in [0.4, 0.5) is 5.69 Å². The zero-order chi connectivity index (χ0) is 15.0. The zero-order valence-electron chi connectivity index (χ0n) is 12.5. The third-order valence-corrected chi connectivity index (χ3v) is 3.67. The molecule has 0 spiro atoms. The molecule has 0 saturated carbocycles. The Bertz CT molecular complexity index is 862. The van der Waals surface area contributed by atoms with Crippen LogP contribution in [-0.4, -0.2) is 19.1 Å². The first kappa shape index (κ1) is 13.4. The predicted octanol–water partition coefficient (Wildman–Crippen LogP) is 3.57. The van der Waals surface area contributed by atoms with Crippen molar-refractivity contribution in [3.05, 3.63) is 64.4 Å². The Balaban J connectivity index is 2.21. The number of aromatic amines is 1. The zero-order valence-corrected chi connectivity index (χ0v) is 12.5. The highest BCUT2D eigenvalue weighted by Gasteiger charge is 2.05. The van der Waals surface area contributed by atoms with Gasteiger partial charge in [0.25, 0.3) is 5.56 Å². The van der Waals surface area contributed by atoms with E-state index in [-0.39, 0.29) is 5.56 Å². The Morgan fingerprint density at radius 1 is 1.00 bits per heavy atom. The molecule has 0 unspecified atom stereocenters. The number of fused-ring (bicyclic) bond motifs is 1. The van der Waals surface area contributed by atoms with Crippen molar-refractivity contribution < 1.29 is 0 Å². The fourth-order valence-corrected chi connectivity index (χ4v) is 2.50. The summed E-state index contributed by atoms with van der Waals surface area (Å²) in [6, 6.07) is 16.1. The van der Waals surface area contributed by atoms with E-state index in [0.29, 0.717) is 0 Å². The Kier molecular flexibility index (Phi) is 3.26. The number of hydrogen-bond acceptors (Lipinski definition) is 2. The summed E-state index contributed by atoms with van der Waals surface area (Å²) in [5, 5.41) is 1.71. The fraction of sp³-hybridized carbons (Fsp3) is 0.167. The molecule has 0 atom stereocenters. The summed E-state index contributed by atoms with van der Waals surface area (Å²) in [6.07, 6.45) is 0. The van der Waals surface area contributed by atoms with E-state index in [0.717, 1.165) is 33.3 Å². The molecule has 0 aliphatic rings. The van der Waals surface area contributed by atoms with Crippen LogP contribution in [0.5, 0.6) is 0 Å². The molecule has 1 aromatic heterocycles. The number of aryl methyl sites for hydroxylation is 1. The predicted molar refractivity (Wildman–Crippen MR) is 89.1 cm³/mol. The standard InChI is InChI=1S/C18H18N2O/c1-12-7-8-16-14(9-12)11-17(19-18(16)21)13-5-4-6-15(10-13)20(2)3/h4-11H,1-3H3,(H,19,21). The smallest absolute Gasteiger partial charge is 0.256 e. The summed E-state index contributed by atoms with van der Waals surface area (Å²) >= 11 is 0. The summed E-state index contributed by atoms with van der Waals surface area (Å²) < 4.78 is 0. The number of hydrogen-bond donors (Lipinski definition) is 1. The van der Waals surface area contributed by atoms with Gasteiger partial charge in [-0.05, 0) is 36.6 Å². The third kappa shape index (κ3) is 2.55. The monoisotopic (exact) mass is 278 g/mol. The number of rotatable bonds is 2. The lowest BCUT2D eigenvalue weighted by Gasteiger charge is -2.13. The van der Waals surface area contributed by atoms with Crippen LogP contribution in [0.2, 0.25) is 0 Å². The van der Waals surface area contributed by atoms with Crippen molar-refractivity contribution in [1.29, 1.82) is 0 Å². The van der Waals surface area contributed by atoms with E-state index < -0.39 is 0 Å². The highest BCUT2D eigenvalue weighted by Crippen LogP contribution is 2.24. The van der Waals surface area contributed by atoms with Crippen molar-refractivity contribution in [3.63, 3.8) is 0 Å². The minimum absolute atomic E-state index is 0.0437. The maximum Gasteiger partial charge on any atom is 0.256 e. The van der Waals surface area contributed by atoms with Gasteiger partial charge in [-0.15, -0.1) is 0 Å². The number of pyridine rings is 1. The van der Waals surface area contributed by atoms with Crippen LogP contribution in [0, 0.1) is 6.92 Å². The van der Waals surface area contributed by atoms with Gasteiger partial charge in [0, 0.05) is 36.4 Å². The van der Waals surface area contributed by atoms with Gasteiger partial charge in [0.15, 0.2) is 0 Å². The normalized spacial score (nSPS) is 10.8. The maximum atomic E-state index is 12.2. The molecule has 0 amide bonds. The van der Waals surface area contributed by atoms with Gasteiger partial charge in [0.05, 0.1) is 0 Å². The minimum Gasteiger partial charge on any atom is -0.378 e. The molecule has 0 aliphatic heterocycles. The van der Waals surface area contributed by atoms with E-state index in [4.69, 9.17) is 0 Å². The summed E-state index contributed by atoms with van der Waals surface area (Å²) in [5.74, 6) is 0. The molecule has 0 radical (unpaired) electrons. The number of aromatic nitrogens is 1. The van der Waals surface area contributed by atoms with Gasteiger partial charge in [0.2, 0.25) is 0 Å². The minimum atomic E-state index is -0.0437. The molecule has 0 aliphatic carbocycles. The second-order valence-corrected chi connectivity index (χ2v) is 5.55. The van der Waals surface area contributed by atoms with E-state index >= 15 is 0 Å². The number of nitrogens with zero attached hydrogens (tertiary/aromatic N) is 1. The maximum absolute atomic E-state index is 12.2. The summed E-state index contributed by atoms with van der Waals surface area (Å²) in [6.45, 7) is 2.03. The van der Waals surface area contributed by atoms with E-state index in [2.05, 4.69) is 11.1 Å². The average Bonchev–Trinajstić information content (AvgIpc) is 2.46. The highest BCUT2D eigenvalue weighted by molar-refractivity contribution is 5.86. The average molecular weight is 278 g/mol. The molecule has 3 nitrogen and oxygen atoms in total. The molecule has 0 saturated heterocycles. The van der Waals surface area contributed by atoms with E-state index in [1.807, 2.05) is 68.4 Å². The molecule has 0 bridgehead atoms. The molecule has 1 N–H and O–H groups in total. The molecule has 21 heavy (non-hydrogen) atoms. The Morgan fingerprint density at radius 3 is 2.57 bits per heavy atom. The Labute approximate surface area is 123 Å². The van der Waals surface area contributed by atoms with Gasteiger partial charge in [-0.2, -0.15) is 0 Å². The van der Waals surface area contributed by atoms with Crippen molar-refractivity contribution in [2.24, 2.45) is 0 Å². The third-order valence-electron chi connectivity index (χ3n) is 3.67. The van der Waals surface area contributed by atoms with Gasteiger partial charge in [-0.25, -0.2) is 0 Å². The highest BCUT2D eigenvalue weighted by atomic mass is 16.1. The molecule has 2 aromatic carbocycles. The number of anilines is 1. The molecular formula is C18H18N2O. The van der Waals surface area contributed by atoms with Gasteiger partial charge < -0.3 is 9.88 Å². The van der Waals surface area contributed by atoms with Crippen LogP contribution in [0.15, 0.2) is 53.3 Å². The van der Waals surface area contributed by atoms with Crippen LogP contribution in [-0.2, 0) is 0 Å². The van der Waals surface area contributed by atoms with Gasteiger partial charge in [-0.1, -0.05) is 29.8 Å². The molecule has 3 rings (SSSR count). The largest absolute Gasteiger partial charge is 0.378 e. The van der Waals surface area contributed by atoms with Crippen LogP contribution in [0.1, 0.15) is 5.56 Å². The topological polar surface area (TPSA) is 36.1 Å². The molecule has 1 heterocycles. The SMILES string of the molecule is Cc1ccc2c(=O)[nH]c(-c3cccc(N(C)C)c3)cc2c1. The molecule has 3 heteroatoms. The van der Waals surface area contributed by atoms with Crippen molar-refractivity contribution in [2.75, 3.05) is 19.0 Å². The van der Waals surface area contributed by atoms with Crippen LogP contribution in [0.3, 0.4) is 0 Å². The van der Waals surface area contributed by atoms with E-state index in [9.17, 15) is 4.79 Å². The number of benzene rings is 2. The van der Waals surface area contributed by atoms with Crippen molar-refractivity contribution in [2.45, 2.75) is 6.92 Å². The van der Waals surface area contributed by atoms with Crippen LogP contribution in [0.25, 0.3) is 22.0 Å². The van der Waals surface area contributed by atoms with E-state index in [1.165, 1.54) is 0 Å². The second kappa shape index (κ2) is 5.09. The Morgan fingerprint density at radius 2 is 1.81 bits per heavy atom. The van der Waals surface area contributed by atoms with Gasteiger partial charge in [-0.3, -0.25) is 4.79 Å². The first-order chi connectivity index (χ1) is 10.0. The van der Waals surface area contributed by atoms with Crippen molar-refractivity contribution >= 4 is 16.5 Å². The van der Waals surface area contributed by atoms with E-state index in [1.54, 1.807) is 0 Å². The second-order valence-electron chi connectivity index (χ2n) is 5.55. The lowest BCUT2D eigenvalue weighted by molar-refractivity contribution is 1.13. The summed E-state index contributed by atoms with van der Waals surface area (Å²) in [7, 11) is 4.01. The first-order valence-electron chi connectivity index (χ1n) is 6.96. The molecule has 106 valence electrons. The summed E-state index contributed by atoms with van der Waals surface area (Å²) in [4.78, 5) is 17.3. The lowest BCUT2D eigenvalue weighted by Crippen LogP contribution is -2.09.